The summed E-state index contributed by atoms with van der Waals surface area (Å²) in [6.45, 7) is 5.18. The zero-order valence-electron chi connectivity index (χ0n) is 11.3. The van der Waals surface area contributed by atoms with Gasteiger partial charge in [0.25, 0.3) is 0 Å². The van der Waals surface area contributed by atoms with Crippen molar-refractivity contribution in [2.45, 2.75) is 59.0 Å². The highest BCUT2D eigenvalue weighted by molar-refractivity contribution is 5.75. The molecule has 1 aliphatic rings. The number of carbonyl (C=O) groups excluding carboxylic acids is 1. The predicted octanol–water partition coefficient (Wildman–Crippen LogP) is 1.80. The van der Waals surface area contributed by atoms with Crippen molar-refractivity contribution in [3.8, 4) is 0 Å². The van der Waals surface area contributed by atoms with Gasteiger partial charge in [-0.25, -0.2) is 0 Å². The van der Waals surface area contributed by atoms with Crippen LogP contribution in [0.25, 0.3) is 0 Å². The van der Waals surface area contributed by atoms with E-state index in [4.69, 9.17) is 0 Å². The minimum absolute atomic E-state index is 0.132. The number of rotatable bonds is 6. The average molecular weight is 250 g/mol. The molecule has 1 amide bonds. The van der Waals surface area contributed by atoms with Crippen LogP contribution in [0.15, 0.2) is 0 Å². The second-order valence-corrected chi connectivity index (χ2v) is 5.03. The zero-order chi connectivity index (χ0) is 13.0. The number of nitrogens with one attached hydrogen (secondary N) is 1. The third-order valence-corrected chi connectivity index (χ3v) is 3.66. The van der Waals surface area contributed by atoms with E-state index in [1.165, 1.54) is 19.3 Å². The third-order valence-electron chi connectivity index (χ3n) is 3.66. The highest BCUT2D eigenvalue weighted by atomic mass is 16.1. The van der Waals surface area contributed by atoms with Crippen molar-refractivity contribution in [3.63, 3.8) is 0 Å². The van der Waals surface area contributed by atoms with E-state index in [2.05, 4.69) is 15.5 Å². The number of nitrogens with zero attached hydrogens (tertiary/aromatic N) is 3. The largest absolute Gasteiger partial charge is 0.350 e. The van der Waals surface area contributed by atoms with Crippen LogP contribution in [0.2, 0.25) is 0 Å². The van der Waals surface area contributed by atoms with Crippen molar-refractivity contribution in [1.29, 1.82) is 0 Å². The van der Waals surface area contributed by atoms with Gasteiger partial charge in [0, 0.05) is 6.42 Å². The van der Waals surface area contributed by atoms with Gasteiger partial charge in [-0.3, -0.25) is 4.79 Å². The second-order valence-electron chi connectivity index (χ2n) is 5.03. The maximum absolute atomic E-state index is 11.7. The molecule has 18 heavy (non-hydrogen) atoms. The van der Waals surface area contributed by atoms with Crippen LogP contribution in [0.4, 0.5) is 0 Å². The molecule has 0 bridgehead atoms. The Morgan fingerprint density at radius 2 is 2.22 bits per heavy atom. The normalized spacial score (nSPS) is 15.4. The van der Waals surface area contributed by atoms with Crippen LogP contribution in [0.5, 0.6) is 0 Å². The molecule has 1 aromatic rings. The molecule has 1 heterocycles. The maximum atomic E-state index is 11.7. The van der Waals surface area contributed by atoms with Gasteiger partial charge in [-0.05, 0) is 26.2 Å². The number of amides is 1. The van der Waals surface area contributed by atoms with Gasteiger partial charge in [0.1, 0.15) is 5.69 Å². The molecule has 0 unspecified atom stereocenters. The van der Waals surface area contributed by atoms with Gasteiger partial charge in [-0.1, -0.05) is 19.3 Å². The summed E-state index contributed by atoms with van der Waals surface area (Å²) in [7, 11) is 0. The predicted molar refractivity (Wildman–Crippen MR) is 68.9 cm³/mol. The quantitative estimate of drug-likeness (QED) is 0.837. The van der Waals surface area contributed by atoms with Gasteiger partial charge in [-0.2, -0.15) is 15.0 Å². The van der Waals surface area contributed by atoms with E-state index in [0.29, 0.717) is 13.0 Å². The number of carbonyl (C=O) groups is 1. The Balaban J connectivity index is 1.72. The van der Waals surface area contributed by atoms with Crippen LogP contribution in [-0.2, 0) is 17.9 Å². The van der Waals surface area contributed by atoms with Crippen LogP contribution < -0.4 is 5.32 Å². The molecule has 1 fully saturated rings. The molecule has 5 heteroatoms. The topological polar surface area (TPSA) is 59.8 Å². The van der Waals surface area contributed by atoms with Crippen molar-refractivity contribution in [2.75, 3.05) is 0 Å². The summed E-state index contributed by atoms with van der Waals surface area (Å²) in [6, 6.07) is 0. The molecule has 2 rings (SSSR count). The average Bonchev–Trinajstić information content (AvgIpc) is 2.65. The molecule has 0 aliphatic heterocycles. The molecule has 1 aliphatic carbocycles. The van der Waals surface area contributed by atoms with Crippen molar-refractivity contribution in [3.05, 3.63) is 11.4 Å². The van der Waals surface area contributed by atoms with Gasteiger partial charge in [0.15, 0.2) is 0 Å². The summed E-state index contributed by atoms with van der Waals surface area (Å²) in [6.07, 6.45) is 5.62. The molecule has 1 N–H and O–H groups in total. The van der Waals surface area contributed by atoms with Gasteiger partial charge in [0.2, 0.25) is 5.91 Å². The zero-order valence-corrected chi connectivity index (χ0v) is 11.3. The van der Waals surface area contributed by atoms with E-state index < -0.39 is 0 Å². The lowest BCUT2D eigenvalue weighted by atomic mass is 9.82. The fraction of sp³-hybridized carbons (Fsp3) is 0.769. The minimum atomic E-state index is 0.132. The summed E-state index contributed by atoms with van der Waals surface area (Å²) >= 11 is 0. The highest BCUT2D eigenvalue weighted by Crippen LogP contribution is 2.30. The van der Waals surface area contributed by atoms with E-state index in [1.54, 1.807) is 4.80 Å². The van der Waals surface area contributed by atoms with E-state index in [9.17, 15) is 4.79 Å². The van der Waals surface area contributed by atoms with Crippen molar-refractivity contribution < 1.29 is 4.79 Å². The van der Waals surface area contributed by atoms with Gasteiger partial charge >= 0.3 is 0 Å². The summed E-state index contributed by atoms with van der Waals surface area (Å²) in [5, 5.41) is 11.5. The van der Waals surface area contributed by atoms with Gasteiger partial charge in [0.05, 0.1) is 18.8 Å². The summed E-state index contributed by atoms with van der Waals surface area (Å²) in [5.74, 6) is 0.922. The Kier molecular flexibility index (Phi) is 4.33. The molecule has 1 saturated carbocycles. The smallest absolute Gasteiger partial charge is 0.220 e. The van der Waals surface area contributed by atoms with Crippen molar-refractivity contribution in [1.82, 2.24) is 20.3 Å². The van der Waals surface area contributed by atoms with Crippen molar-refractivity contribution in [2.24, 2.45) is 5.92 Å². The van der Waals surface area contributed by atoms with Crippen LogP contribution in [0.1, 0.15) is 50.4 Å². The van der Waals surface area contributed by atoms with Crippen LogP contribution in [0, 0.1) is 12.8 Å². The first-order valence-electron chi connectivity index (χ1n) is 6.86. The first-order valence-corrected chi connectivity index (χ1v) is 6.86. The summed E-state index contributed by atoms with van der Waals surface area (Å²) < 4.78 is 0. The molecule has 0 spiro atoms. The van der Waals surface area contributed by atoms with E-state index in [0.717, 1.165) is 30.3 Å². The second kappa shape index (κ2) is 5.98. The SMILES string of the molecule is CCn1nc(C)c(CNC(=O)CCC2CCC2)n1. The molecule has 0 atom stereocenters. The van der Waals surface area contributed by atoms with E-state index in [-0.39, 0.29) is 5.91 Å². The number of aryl methyl sites for hydroxylation is 2. The van der Waals surface area contributed by atoms with E-state index in [1.807, 2.05) is 13.8 Å². The number of hydrogen-bond acceptors (Lipinski definition) is 3. The molecular formula is C13H22N4O. The molecule has 0 saturated heterocycles. The lowest BCUT2D eigenvalue weighted by molar-refractivity contribution is -0.121. The Labute approximate surface area is 108 Å². The Morgan fingerprint density at radius 3 is 2.78 bits per heavy atom. The Hall–Kier alpha value is -1.39. The number of aromatic nitrogens is 3. The molecular weight excluding hydrogens is 228 g/mol. The molecule has 0 aromatic carbocycles. The standard InChI is InChI=1S/C13H22N4O/c1-3-17-15-10(2)12(16-17)9-14-13(18)8-7-11-5-4-6-11/h11H,3-9H2,1-2H3,(H,14,18). The summed E-state index contributed by atoms with van der Waals surface area (Å²) in [5.41, 5.74) is 1.77. The minimum Gasteiger partial charge on any atom is -0.350 e. The van der Waals surface area contributed by atoms with Crippen LogP contribution in [-0.4, -0.2) is 20.9 Å². The Bertz CT molecular complexity index is 409. The summed E-state index contributed by atoms with van der Waals surface area (Å²) in [4.78, 5) is 13.3. The third kappa shape index (κ3) is 3.31. The molecule has 5 nitrogen and oxygen atoms in total. The first kappa shape index (κ1) is 13.1. The lowest BCUT2D eigenvalue weighted by Crippen LogP contribution is -2.24. The van der Waals surface area contributed by atoms with Gasteiger partial charge in [-0.15, -0.1) is 0 Å². The highest BCUT2D eigenvalue weighted by Gasteiger charge is 2.18. The number of hydrogen-bond donors (Lipinski definition) is 1. The molecule has 0 radical (unpaired) electrons. The molecule has 100 valence electrons. The van der Waals surface area contributed by atoms with Crippen LogP contribution in [0.3, 0.4) is 0 Å². The van der Waals surface area contributed by atoms with Crippen molar-refractivity contribution >= 4 is 5.91 Å². The van der Waals surface area contributed by atoms with E-state index >= 15 is 0 Å². The fourth-order valence-electron chi connectivity index (χ4n) is 2.16. The molecule has 1 aromatic heterocycles. The monoisotopic (exact) mass is 250 g/mol. The Morgan fingerprint density at radius 1 is 1.44 bits per heavy atom. The fourth-order valence-corrected chi connectivity index (χ4v) is 2.16. The lowest BCUT2D eigenvalue weighted by Gasteiger charge is -2.24. The van der Waals surface area contributed by atoms with Crippen LogP contribution >= 0.6 is 0 Å². The van der Waals surface area contributed by atoms with Gasteiger partial charge < -0.3 is 5.32 Å². The maximum Gasteiger partial charge on any atom is 0.220 e. The first-order chi connectivity index (χ1) is 8.69.